The largest absolute Gasteiger partial charge is 0.507 e. The Morgan fingerprint density at radius 1 is 1.06 bits per heavy atom. The number of nitrogens with zero attached hydrogens (tertiary/aromatic N) is 2. The van der Waals surface area contributed by atoms with E-state index in [1.165, 1.54) is 0 Å². The number of para-hydroxylation sites is 1. The molecule has 0 spiro atoms. The van der Waals surface area contributed by atoms with Crippen molar-refractivity contribution in [1.82, 2.24) is 15.0 Å². The second kappa shape index (κ2) is 3.59. The Balaban J connectivity index is 2.22. The molecule has 0 fully saturated rings. The summed E-state index contributed by atoms with van der Waals surface area (Å²) in [4.78, 5) is 11.9. The van der Waals surface area contributed by atoms with Gasteiger partial charge in [-0.1, -0.05) is 12.1 Å². The van der Waals surface area contributed by atoms with Crippen molar-refractivity contribution in [3.63, 3.8) is 0 Å². The number of fused-ring (bicyclic) bond motifs is 1. The van der Waals surface area contributed by atoms with Gasteiger partial charge in [0.25, 0.3) is 0 Å². The van der Waals surface area contributed by atoms with E-state index in [0.29, 0.717) is 17.0 Å². The number of pyridine rings is 1. The van der Waals surface area contributed by atoms with Crippen molar-refractivity contribution >= 4 is 11.2 Å². The van der Waals surface area contributed by atoms with Gasteiger partial charge in [0.1, 0.15) is 11.6 Å². The number of nitrogens with one attached hydrogen (secondary N) is 1. The summed E-state index contributed by atoms with van der Waals surface area (Å²) < 4.78 is 0. The number of aromatic hydroxyl groups is 1. The lowest BCUT2D eigenvalue weighted by Crippen LogP contribution is -1.81. The van der Waals surface area contributed by atoms with E-state index in [9.17, 15) is 5.11 Å². The third kappa shape index (κ3) is 1.63. The predicted molar refractivity (Wildman–Crippen MR) is 65.7 cm³/mol. The maximum atomic E-state index is 9.76. The summed E-state index contributed by atoms with van der Waals surface area (Å²) in [7, 11) is 0. The van der Waals surface area contributed by atoms with Gasteiger partial charge < -0.3 is 10.1 Å². The highest BCUT2D eigenvalue weighted by atomic mass is 16.3. The third-order valence-electron chi connectivity index (χ3n) is 2.64. The zero-order chi connectivity index (χ0) is 11.8. The van der Waals surface area contributed by atoms with Crippen LogP contribution in [0, 0.1) is 6.92 Å². The first-order valence-electron chi connectivity index (χ1n) is 5.36. The first-order valence-corrected chi connectivity index (χ1v) is 5.36. The molecule has 0 aliphatic rings. The van der Waals surface area contributed by atoms with Crippen molar-refractivity contribution in [2.75, 3.05) is 0 Å². The summed E-state index contributed by atoms with van der Waals surface area (Å²) in [5.41, 5.74) is 3.15. The van der Waals surface area contributed by atoms with Gasteiger partial charge in [0.2, 0.25) is 0 Å². The smallest absolute Gasteiger partial charge is 0.178 e. The molecule has 0 bridgehead atoms. The molecule has 2 heterocycles. The van der Waals surface area contributed by atoms with Crippen LogP contribution < -0.4 is 0 Å². The number of H-pyrrole nitrogens is 1. The summed E-state index contributed by atoms with van der Waals surface area (Å²) in [6, 6.07) is 11.0. The Kier molecular flexibility index (Phi) is 2.08. The molecule has 0 atom stereocenters. The van der Waals surface area contributed by atoms with Crippen molar-refractivity contribution in [1.29, 1.82) is 0 Å². The molecule has 0 radical (unpaired) electrons. The number of imidazole rings is 1. The molecule has 4 nitrogen and oxygen atoms in total. The van der Waals surface area contributed by atoms with Crippen LogP contribution in [0.1, 0.15) is 5.69 Å². The standard InChI is InChI=1S/C13H11N3O/c1-8-6-7-10-13(14-8)16-12(15-10)9-4-2-3-5-11(9)17/h2-7,17H,1H3,(H,14,15,16). The normalized spacial score (nSPS) is 10.9. The van der Waals surface area contributed by atoms with Gasteiger partial charge in [0, 0.05) is 5.69 Å². The molecular weight excluding hydrogens is 214 g/mol. The van der Waals surface area contributed by atoms with Gasteiger partial charge in [-0.25, -0.2) is 9.97 Å². The Hall–Kier alpha value is -2.36. The molecule has 0 aliphatic heterocycles. The average molecular weight is 225 g/mol. The summed E-state index contributed by atoms with van der Waals surface area (Å²) in [5, 5.41) is 9.76. The van der Waals surface area contributed by atoms with Crippen LogP contribution in [0.3, 0.4) is 0 Å². The van der Waals surface area contributed by atoms with Crippen LogP contribution in [-0.4, -0.2) is 20.1 Å². The Bertz CT molecular complexity index is 688. The van der Waals surface area contributed by atoms with Crippen molar-refractivity contribution in [2.24, 2.45) is 0 Å². The maximum Gasteiger partial charge on any atom is 0.178 e. The monoisotopic (exact) mass is 225 g/mol. The van der Waals surface area contributed by atoms with Gasteiger partial charge in [-0.15, -0.1) is 0 Å². The molecule has 0 aliphatic carbocycles. The van der Waals surface area contributed by atoms with Crippen molar-refractivity contribution < 1.29 is 5.11 Å². The number of phenols is 1. The lowest BCUT2D eigenvalue weighted by atomic mass is 10.2. The number of aryl methyl sites for hydroxylation is 1. The average Bonchev–Trinajstić information content (AvgIpc) is 2.72. The molecule has 0 saturated carbocycles. The fourth-order valence-corrected chi connectivity index (χ4v) is 1.79. The molecule has 4 heteroatoms. The summed E-state index contributed by atoms with van der Waals surface area (Å²) in [5.74, 6) is 0.847. The van der Waals surface area contributed by atoms with E-state index >= 15 is 0 Å². The highest BCUT2D eigenvalue weighted by molar-refractivity contribution is 5.77. The van der Waals surface area contributed by atoms with Crippen LogP contribution in [0.25, 0.3) is 22.6 Å². The topological polar surface area (TPSA) is 61.8 Å². The van der Waals surface area contributed by atoms with Gasteiger partial charge in [0.15, 0.2) is 5.65 Å². The van der Waals surface area contributed by atoms with Crippen molar-refractivity contribution in [3.05, 3.63) is 42.1 Å². The lowest BCUT2D eigenvalue weighted by Gasteiger charge is -1.98. The zero-order valence-corrected chi connectivity index (χ0v) is 9.31. The van der Waals surface area contributed by atoms with E-state index < -0.39 is 0 Å². The van der Waals surface area contributed by atoms with Gasteiger partial charge in [-0.2, -0.15) is 0 Å². The summed E-state index contributed by atoms with van der Waals surface area (Å²) >= 11 is 0. The number of hydrogen-bond donors (Lipinski definition) is 2. The fraction of sp³-hybridized carbons (Fsp3) is 0.0769. The van der Waals surface area contributed by atoms with E-state index in [0.717, 1.165) is 11.2 Å². The molecule has 2 N–H and O–H groups in total. The molecule has 84 valence electrons. The van der Waals surface area contributed by atoms with Crippen LogP contribution in [0.2, 0.25) is 0 Å². The van der Waals surface area contributed by atoms with Gasteiger partial charge in [0.05, 0.1) is 11.1 Å². The molecule has 0 unspecified atom stereocenters. The van der Waals surface area contributed by atoms with E-state index in [2.05, 4.69) is 15.0 Å². The molecule has 2 aromatic heterocycles. The molecule has 0 saturated heterocycles. The second-order valence-electron chi connectivity index (χ2n) is 3.93. The van der Waals surface area contributed by atoms with E-state index in [1.807, 2.05) is 31.2 Å². The van der Waals surface area contributed by atoms with E-state index in [4.69, 9.17) is 0 Å². The molecule has 1 aromatic carbocycles. The minimum absolute atomic E-state index is 0.211. The van der Waals surface area contributed by atoms with Crippen LogP contribution in [-0.2, 0) is 0 Å². The van der Waals surface area contributed by atoms with Crippen molar-refractivity contribution in [2.45, 2.75) is 6.92 Å². The number of hydrogen-bond acceptors (Lipinski definition) is 3. The first-order chi connectivity index (χ1) is 8.24. The third-order valence-corrected chi connectivity index (χ3v) is 2.64. The van der Waals surface area contributed by atoms with E-state index in [1.54, 1.807) is 12.1 Å². The Morgan fingerprint density at radius 2 is 1.88 bits per heavy atom. The lowest BCUT2D eigenvalue weighted by molar-refractivity contribution is 0.477. The van der Waals surface area contributed by atoms with Gasteiger partial charge in [-0.05, 0) is 31.2 Å². The highest BCUT2D eigenvalue weighted by Gasteiger charge is 2.09. The van der Waals surface area contributed by atoms with E-state index in [-0.39, 0.29) is 5.75 Å². The van der Waals surface area contributed by atoms with Crippen molar-refractivity contribution in [3.8, 4) is 17.1 Å². The molecule has 17 heavy (non-hydrogen) atoms. The molecule has 3 rings (SSSR count). The highest BCUT2D eigenvalue weighted by Crippen LogP contribution is 2.27. The molecule has 0 amide bonds. The second-order valence-corrected chi connectivity index (χ2v) is 3.93. The van der Waals surface area contributed by atoms with Crippen LogP contribution >= 0.6 is 0 Å². The predicted octanol–water partition coefficient (Wildman–Crippen LogP) is 2.64. The zero-order valence-electron chi connectivity index (χ0n) is 9.31. The van der Waals surface area contributed by atoms with Gasteiger partial charge in [-0.3, -0.25) is 0 Å². The van der Waals surface area contributed by atoms with Crippen LogP contribution in [0.4, 0.5) is 0 Å². The minimum Gasteiger partial charge on any atom is -0.507 e. The Morgan fingerprint density at radius 3 is 2.71 bits per heavy atom. The van der Waals surface area contributed by atoms with Crippen LogP contribution in [0.15, 0.2) is 36.4 Å². The molecular formula is C13H11N3O. The summed E-state index contributed by atoms with van der Waals surface area (Å²) in [6.45, 7) is 1.92. The molecule has 3 aromatic rings. The number of aromatic amines is 1. The minimum atomic E-state index is 0.211. The first kappa shape index (κ1) is 9.84. The fourth-order valence-electron chi connectivity index (χ4n) is 1.79. The summed E-state index contributed by atoms with van der Waals surface area (Å²) in [6.07, 6.45) is 0. The quantitative estimate of drug-likeness (QED) is 0.669. The number of benzene rings is 1. The SMILES string of the molecule is Cc1ccc2[nH]c(-c3ccccc3O)nc2n1. The number of phenolic OH excluding ortho intramolecular Hbond substituents is 1. The number of rotatable bonds is 1. The van der Waals surface area contributed by atoms with Gasteiger partial charge >= 0.3 is 0 Å². The van der Waals surface area contributed by atoms with Crippen LogP contribution in [0.5, 0.6) is 5.75 Å². The number of aromatic nitrogens is 3. The Labute approximate surface area is 98.0 Å². The maximum absolute atomic E-state index is 9.76.